The summed E-state index contributed by atoms with van der Waals surface area (Å²) < 4.78 is 20.5. The van der Waals surface area contributed by atoms with Crippen molar-refractivity contribution in [3.8, 4) is 22.3 Å². The van der Waals surface area contributed by atoms with Gasteiger partial charge < -0.3 is 20.3 Å². The second-order valence-corrected chi connectivity index (χ2v) is 12.7. The Balaban J connectivity index is 1.12. The van der Waals surface area contributed by atoms with E-state index in [9.17, 15) is 14.0 Å². The molecule has 3 N–H and O–H groups in total. The normalized spacial score (nSPS) is 20.2. The van der Waals surface area contributed by atoms with Gasteiger partial charge in [-0.2, -0.15) is 5.10 Å². The van der Waals surface area contributed by atoms with Crippen molar-refractivity contribution in [2.45, 2.75) is 63.4 Å². The van der Waals surface area contributed by atoms with Gasteiger partial charge in [0.05, 0.1) is 24.4 Å². The van der Waals surface area contributed by atoms with Gasteiger partial charge in [-0.05, 0) is 91.8 Å². The molecule has 3 fully saturated rings. The van der Waals surface area contributed by atoms with Gasteiger partial charge in [-0.1, -0.05) is 29.8 Å². The van der Waals surface area contributed by atoms with Crippen LogP contribution in [0.5, 0.6) is 0 Å². The second kappa shape index (κ2) is 11.6. The summed E-state index contributed by atoms with van der Waals surface area (Å²) in [5, 5.41) is 13.2. The number of hydrogen-bond donors (Lipinski definition) is 3. The average molecular weight is 629 g/mol. The average Bonchev–Trinajstić information content (AvgIpc) is 3.32. The van der Waals surface area contributed by atoms with Gasteiger partial charge >= 0.3 is 0 Å². The number of ether oxygens (including phenoxy) is 1. The van der Waals surface area contributed by atoms with Gasteiger partial charge in [0.25, 0.3) is 5.91 Å². The lowest BCUT2D eigenvalue weighted by Gasteiger charge is -2.28. The van der Waals surface area contributed by atoms with E-state index in [4.69, 9.17) is 16.3 Å². The molecule has 4 aromatic rings. The maximum Gasteiger partial charge on any atom is 0.258 e. The third-order valence-corrected chi connectivity index (χ3v) is 9.40. The topological polar surface area (TPSA) is 112 Å². The van der Waals surface area contributed by atoms with Gasteiger partial charge in [-0.3, -0.25) is 14.7 Å². The van der Waals surface area contributed by atoms with E-state index in [-0.39, 0.29) is 25.4 Å². The first-order chi connectivity index (χ1) is 21.7. The number of aromatic amines is 1. The number of hydrogen-bond acceptors (Lipinski definition) is 6. The minimum Gasteiger partial charge on any atom is -0.374 e. The number of morpholine rings is 1. The number of nitrogens with zero attached hydrogens (tertiary/aromatic N) is 3. The van der Waals surface area contributed by atoms with Crippen LogP contribution in [0, 0.1) is 13.8 Å². The monoisotopic (exact) mass is 628 g/mol. The second-order valence-electron chi connectivity index (χ2n) is 12.3. The number of amides is 2. The van der Waals surface area contributed by atoms with Crippen molar-refractivity contribution < 1.29 is 18.7 Å². The molecule has 9 nitrogen and oxygen atoms in total. The van der Waals surface area contributed by atoms with E-state index < -0.39 is 23.5 Å². The number of benzene rings is 2. The molecule has 1 aliphatic carbocycles. The molecule has 3 atom stereocenters. The molecule has 2 bridgehead atoms. The number of nitrogens with one attached hydrogen (secondary N) is 3. The molecule has 45 heavy (non-hydrogen) atoms. The summed E-state index contributed by atoms with van der Waals surface area (Å²) in [7, 11) is 0. The van der Waals surface area contributed by atoms with Crippen molar-refractivity contribution >= 4 is 34.9 Å². The third kappa shape index (κ3) is 5.92. The fraction of sp³-hybridized carbons (Fsp3) is 0.353. The number of aryl methyl sites for hydroxylation is 2. The van der Waals surface area contributed by atoms with Gasteiger partial charge in [0.1, 0.15) is 11.9 Å². The van der Waals surface area contributed by atoms with E-state index >= 15 is 0 Å². The summed E-state index contributed by atoms with van der Waals surface area (Å²) in [5.41, 5.74) is 4.93. The summed E-state index contributed by atoms with van der Waals surface area (Å²) >= 11 is 6.64. The fourth-order valence-electron chi connectivity index (χ4n) is 6.33. The van der Waals surface area contributed by atoms with Gasteiger partial charge in [0, 0.05) is 41.1 Å². The lowest BCUT2D eigenvalue weighted by atomic mass is 9.98. The van der Waals surface area contributed by atoms with Crippen molar-refractivity contribution in [1.29, 1.82) is 0 Å². The maximum atomic E-state index is 14.7. The predicted molar refractivity (Wildman–Crippen MR) is 171 cm³/mol. The third-order valence-electron chi connectivity index (χ3n) is 9.03. The first kappa shape index (κ1) is 29.4. The van der Waals surface area contributed by atoms with Gasteiger partial charge in [0.2, 0.25) is 5.91 Å². The number of carbonyl (C=O) groups is 2. The maximum absolute atomic E-state index is 14.7. The largest absolute Gasteiger partial charge is 0.374 e. The lowest BCUT2D eigenvalue weighted by molar-refractivity contribution is -0.131. The molecule has 2 aromatic heterocycles. The van der Waals surface area contributed by atoms with Crippen LogP contribution in [0.3, 0.4) is 0 Å². The minimum atomic E-state index is -1.93. The minimum absolute atomic E-state index is 0.0803. The van der Waals surface area contributed by atoms with E-state index in [0.29, 0.717) is 28.9 Å². The number of H-pyrrole nitrogens is 1. The fourth-order valence-corrected chi connectivity index (χ4v) is 6.52. The summed E-state index contributed by atoms with van der Waals surface area (Å²) in [6.45, 7) is 5.42. The Morgan fingerprint density at radius 1 is 1.11 bits per heavy atom. The molecule has 7 rings (SSSR count). The van der Waals surface area contributed by atoms with Crippen molar-refractivity contribution in [2.24, 2.45) is 0 Å². The zero-order valence-corrected chi connectivity index (χ0v) is 25.8. The SMILES string of the molecule is Cc1n[nH]c(C)c1-c1ccc(NC(=O)[C@H](Cc2cc(-c3ccnc(N4C[C@H]5C[C@@H]4CO5)c3)ccc2Cl)NC(=O)C2(F)CC2)cc1. The Kier molecular flexibility index (Phi) is 7.57. The standard InChI is InChI=1S/C34H34ClFN6O3/c1-19-31(20(2)41-40-19)21-3-6-25(7-4-21)38-32(43)29(39-33(44)34(36)10-11-34)14-24-13-22(5-8-28(24)35)23-9-12-37-30(15-23)42-17-27-16-26(42)18-45-27/h3-9,12-13,15,26-27,29H,10-11,14,16-18H2,1-2H3,(H,38,43)(H,39,44)(H,40,41)/t26-,27-,29+/m1/s1. The Bertz CT molecular complexity index is 1750. The summed E-state index contributed by atoms with van der Waals surface area (Å²) in [4.78, 5) is 33.3. The number of rotatable bonds is 9. The van der Waals surface area contributed by atoms with Crippen LogP contribution in [0.15, 0.2) is 60.8 Å². The Morgan fingerprint density at radius 2 is 1.87 bits per heavy atom. The molecule has 2 saturated heterocycles. The Labute approximate surface area is 265 Å². The number of anilines is 2. The van der Waals surface area contributed by atoms with E-state index in [1.165, 1.54) is 0 Å². The highest BCUT2D eigenvalue weighted by Crippen LogP contribution is 2.40. The number of fused-ring (bicyclic) bond motifs is 2. The summed E-state index contributed by atoms with van der Waals surface area (Å²) in [6.07, 6.45) is 3.43. The van der Waals surface area contributed by atoms with Crippen LogP contribution < -0.4 is 15.5 Å². The molecule has 0 spiro atoms. The van der Waals surface area contributed by atoms with E-state index in [0.717, 1.165) is 52.4 Å². The molecule has 0 radical (unpaired) electrons. The first-order valence-corrected chi connectivity index (χ1v) is 15.6. The van der Waals surface area contributed by atoms with Crippen LogP contribution in [0.25, 0.3) is 22.3 Å². The number of carbonyl (C=O) groups excluding carboxylic acids is 2. The van der Waals surface area contributed by atoms with Crippen LogP contribution >= 0.6 is 11.6 Å². The highest BCUT2D eigenvalue weighted by molar-refractivity contribution is 6.31. The first-order valence-electron chi connectivity index (χ1n) is 15.2. The smallest absolute Gasteiger partial charge is 0.258 e. The van der Waals surface area contributed by atoms with E-state index in [1.54, 1.807) is 24.4 Å². The highest BCUT2D eigenvalue weighted by atomic mass is 35.5. The molecular formula is C34H34ClFN6O3. The quantitative estimate of drug-likeness (QED) is 0.224. The molecule has 11 heteroatoms. The molecule has 1 saturated carbocycles. The molecular weight excluding hydrogens is 595 g/mol. The zero-order chi connectivity index (χ0) is 31.3. The van der Waals surface area contributed by atoms with Gasteiger partial charge in [-0.15, -0.1) is 0 Å². The summed E-state index contributed by atoms with van der Waals surface area (Å²) in [6, 6.07) is 16.3. The zero-order valence-electron chi connectivity index (χ0n) is 25.1. The predicted octanol–water partition coefficient (Wildman–Crippen LogP) is 5.55. The molecule has 2 aromatic carbocycles. The van der Waals surface area contributed by atoms with Crippen molar-refractivity contribution in [1.82, 2.24) is 20.5 Å². The van der Waals surface area contributed by atoms with Crippen LogP contribution in [-0.4, -0.2) is 64.0 Å². The van der Waals surface area contributed by atoms with Crippen molar-refractivity contribution in [3.05, 3.63) is 82.8 Å². The van der Waals surface area contributed by atoms with E-state index in [2.05, 4.69) is 36.8 Å². The van der Waals surface area contributed by atoms with E-state index in [1.807, 2.05) is 44.2 Å². The Hall–Kier alpha value is -4.28. The molecule has 3 aliphatic rings. The summed E-state index contributed by atoms with van der Waals surface area (Å²) in [5.74, 6) is -0.347. The molecule has 0 unspecified atom stereocenters. The number of halogens is 2. The van der Waals surface area contributed by atoms with Crippen LogP contribution in [0.1, 0.15) is 36.2 Å². The highest BCUT2D eigenvalue weighted by Gasteiger charge is 2.51. The van der Waals surface area contributed by atoms with Crippen molar-refractivity contribution in [3.63, 3.8) is 0 Å². The molecule has 4 heterocycles. The molecule has 232 valence electrons. The van der Waals surface area contributed by atoms with Gasteiger partial charge in [-0.25, -0.2) is 9.37 Å². The lowest BCUT2D eigenvalue weighted by Crippen LogP contribution is -2.48. The van der Waals surface area contributed by atoms with Crippen LogP contribution in [-0.2, 0) is 20.7 Å². The van der Waals surface area contributed by atoms with Gasteiger partial charge in [0.15, 0.2) is 5.67 Å². The number of aromatic nitrogens is 3. The number of pyridine rings is 1. The van der Waals surface area contributed by atoms with Crippen LogP contribution in [0.2, 0.25) is 5.02 Å². The van der Waals surface area contributed by atoms with Crippen LogP contribution in [0.4, 0.5) is 15.9 Å². The van der Waals surface area contributed by atoms with Crippen molar-refractivity contribution in [2.75, 3.05) is 23.4 Å². The Morgan fingerprint density at radius 3 is 2.53 bits per heavy atom. The molecule has 2 amide bonds. The number of alkyl halides is 1. The molecule has 2 aliphatic heterocycles.